The van der Waals surface area contributed by atoms with Crippen molar-refractivity contribution in [3.05, 3.63) is 33.0 Å². The number of nitrogens with zero attached hydrogens (tertiary/aromatic N) is 5. The van der Waals surface area contributed by atoms with Crippen LogP contribution in [0.3, 0.4) is 0 Å². The largest absolute Gasteiger partial charge is 0.365 e. The Labute approximate surface area is 170 Å². The first-order valence-corrected chi connectivity index (χ1v) is 10.4. The van der Waals surface area contributed by atoms with Gasteiger partial charge in [-0.05, 0) is 53.9 Å². The topological polar surface area (TPSA) is 68.5 Å². The number of nitrogens with one attached hydrogen (secondary N) is 1. The van der Waals surface area contributed by atoms with Gasteiger partial charge in [0.15, 0.2) is 17.0 Å². The first-order valence-electron chi connectivity index (χ1n) is 8.85. The van der Waals surface area contributed by atoms with Crippen molar-refractivity contribution in [1.29, 1.82) is 0 Å². The van der Waals surface area contributed by atoms with Crippen LogP contribution in [0.4, 0.5) is 5.82 Å². The highest BCUT2D eigenvalue weighted by atomic mass is 79.9. The monoisotopic (exact) mass is 480 g/mol. The minimum Gasteiger partial charge on any atom is -0.365 e. The number of rotatable bonds is 7. The van der Waals surface area contributed by atoms with Crippen molar-refractivity contribution in [3.63, 3.8) is 0 Å². The molecule has 0 amide bonds. The third kappa shape index (κ3) is 4.06. The van der Waals surface area contributed by atoms with Gasteiger partial charge in [0.05, 0.1) is 5.69 Å². The van der Waals surface area contributed by atoms with Crippen LogP contribution in [0, 0.1) is 6.92 Å². The number of halogens is 2. The van der Waals surface area contributed by atoms with Gasteiger partial charge in [-0.2, -0.15) is 4.68 Å². The predicted octanol–water partition coefficient (Wildman–Crippen LogP) is 5.42. The number of aryl methyl sites for hydroxylation is 1. The first kappa shape index (κ1) is 19.2. The number of anilines is 1. The summed E-state index contributed by atoms with van der Waals surface area (Å²) in [6, 6.07) is 6.31. The maximum absolute atomic E-state index is 4.59. The zero-order valence-electron chi connectivity index (χ0n) is 15.1. The van der Waals surface area contributed by atoms with Crippen LogP contribution in [0.25, 0.3) is 16.9 Å². The molecule has 1 N–H and O–H groups in total. The summed E-state index contributed by atoms with van der Waals surface area (Å²) in [5, 5.41) is 12.3. The lowest BCUT2D eigenvalue weighted by Crippen LogP contribution is -2.20. The van der Waals surface area contributed by atoms with Gasteiger partial charge in [-0.25, -0.2) is 9.97 Å². The van der Waals surface area contributed by atoms with Crippen LogP contribution in [-0.4, -0.2) is 31.0 Å². The Morgan fingerprint density at radius 1 is 1.12 bits per heavy atom. The van der Waals surface area contributed by atoms with Crippen LogP contribution >= 0.6 is 31.9 Å². The van der Waals surface area contributed by atoms with Crippen molar-refractivity contribution in [2.24, 2.45) is 0 Å². The van der Waals surface area contributed by atoms with E-state index in [0.717, 1.165) is 46.1 Å². The van der Waals surface area contributed by atoms with Crippen LogP contribution in [0.15, 0.2) is 27.1 Å². The minimum atomic E-state index is 0.382. The van der Waals surface area contributed by atoms with E-state index in [0.29, 0.717) is 23.0 Å². The summed E-state index contributed by atoms with van der Waals surface area (Å²) in [6.07, 6.45) is 4.46. The molecule has 0 saturated carbocycles. The summed E-state index contributed by atoms with van der Waals surface area (Å²) >= 11 is 7.07. The molecule has 3 aromatic rings. The van der Waals surface area contributed by atoms with Crippen LogP contribution < -0.4 is 5.32 Å². The van der Waals surface area contributed by atoms with E-state index in [4.69, 9.17) is 0 Å². The van der Waals surface area contributed by atoms with Gasteiger partial charge in [-0.3, -0.25) is 0 Å². The number of hydrogen-bond donors (Lipinski definition) is 1. The number of aromatic nitrogens is 5. The molecule has 0 aliphatic rings. The van der Waals surface area contributed by atoms with Crippen molar-refractivity contribution >= 4 is 48.8 Å². The molecular formula is C18H22Br2N6. The van der Waals surface area contributed by atoms with Gasteiger partial charge in [-0.1, -0.05) is 47.8 Å². The van der Waals surface area contributed by atoms with Crippen molar-refractivity contribution in [2.75, 3.05) is 5.32 Å². The Kier molecular flexibility index (Phi) is 6.24. The maximum atomic E-state index is 4.59. The molecule has 0 fully saturated rings. The minimum absolute atomic E-state index is 0.382. The van der Waals surface area contributed by atoms with E-state index in [1.54, 1.807) is 4.68 Å². The van der Waals surface area contributed by atoms with E-state index in [1.807, 2.05) is 25.1 Å². The second-order valence-corrected chi connectivity index (χ2v) is 8.08. The van der Waals surface area contributed by atoms with Crippen molar-refractivity contribution in [1.82, 2.24) is 25.0 Å². The molecule has 0 unspecified atom stereocenters. The average Bonchev–Trinajstić information content (AvgIpc) is 2.99. The summed E-state index contributed by atoms with van der Waals surface area (Å²) in [5.74, 6) is 1.46. The van der Waals surface area contributed by atoms with E-state index in [-0.39, 0.29) is 0 Å². The molecule has 0 spiro atoms. The van der Waals surface area contributed by atoms with Crippen molar-refractivity contribution in [3.8, 4) is 5.69 Å². The highest BCUT2D eigenvalue weighted by molar-refractivity contribution is 9.11. The van der Waals surface area contributed by atoms with Crippen LogP contribution in [0.5, 0.6) is 0 Å². The third-order valence-electron chi connectivity index (χ3n) is 4.17. The van der Waals surface area contributed by atoms with Gasteiger partial charge in [-0.15, -0.1) is 5.10 Å². The molecule has 0 bridgehead atoms. The predicted molar refractivity (Wildman–Crippen MR) is 112 cm³/mol. The second-order valence-electron chi connectivity index (χ2n) is 6.31. The molecule has 138 valence electrons. The molecule has 0 aliphatic carbocycles. The maximum Gasteiger partial charge on any atom is 0.189 e. The Bertz CT molecular complexity index is 902. The lowest BCUT2D eigenvalue weighted by molar-refractivity contribution is 0.584. The van der Waals surface area contributed by atoms with Gasteiger partial charge >= 0.3 is 0 Å². The lowest BCUT2D eigenvalue weighted by Gasteiger charge is -2.18. The number of hydrogen-bond acceptors (Lipinski definition) is 5. The highest BCUT2D eigenvalue weighted by Gasteiger charge is 2.18. The van der Waals surface area contributed by atoms with Gasteiger partial charge in [0.1, 0.15) is 5.82 Å². The standard InChI is InChI=1S/C18H22Br2N6/c1-4-6-13(7-5-2)23-17-16-18(22-11(3)21-17)26(25-24-16)15-9-8-12(19)10-14(15)20/h8-10,13H,4-7H2,1-3H3,(H,21,22,23). The molecule has 26 heavy (non-hydrogen) atoms. The normalized spacial score (nSPS) is 11.5. The number of benzene rings is 1. The third-order valence-corrected chi connectivity index (χ3v) is 5.29. The van der Waals surface area contributed by atoms with Crippen LogP contribution in [0.1, 0.15) is 45.4 Å². The van der Waals surface area contributed by atoms with E-state index in [2.05, 4.69) is 71.3 Å². The van der Waals surface area contributed by atoms with Gasteiger partial charge in [0, 0.05) is 15.0 Å². The molecule has 2 aromatic heterocycles. The summed E-state index contributed by atoms with van der Waals surface area (Å²) in [5.41, 5.74) is 2.29. The van der Waals surface area contributed by atoms with Gasteiger partial charge < -0.3 is 5.32 Å². The number of fused-ring (bicyclic) bond motifs is 1. The Hall–Kier alpha value is -1.54. The van der Waals surface area contributed by atoms with Gasteiger partial charge in [0.25, 0.3) is 0 Å². The summed E-state index contributed by atoms with van der Waals surface area (Å²) in [7, 11) is 0. The zero-order chi connectivity index (χ0) is 18.7. The highest BCUT2D eigenvalue weighted by Crippen LogP contribution is 2.28. The molecule has 8 heteroatoms. The summed E-state index contributed by atoms with van der Waals surface area (Å²) in [4.78, 5) is 9.18. The average molecular weight is 482 g/mol. The fourth-order valence-electron chi connectivity index (χ4n) is 3.02. The van der Waals surface area contributed by atoms with E-state index >= 15 is 0 Å². The van der Waals surface area contributed by atoms with Crippen LogP contribution in [-0.2, 0) is 0 Å². The molecule has 0 atom stereocenters. The molecular weight excluding hydrogens is 460 g/mol. The zero-order valence-corrected chi connectivity index (χ0v) is 18.3. The molecule has 0 radical (unpaired) electrons. The fourth-order valence-corrected chi connectivity index (χ4v) is 4.23. The fraction of sp³-hybridized carbons (Fsp3) is 0.444. The second kappa shape index (κ2) is 8.43. The Balaban J connectivity index is 2.06. The first-order chi connectivity index (χ1) is 12.5. The summed E-state index contributed by atoms with van der Waals surface area (Å²) < 4.78 is 3.66. The van der Waals surface area contributed by atoms with E-state index in [1.165, 1.54) is 0 Å². The molecule has 1 aromatic carbocycles. The smallest absolute Gasteiger partial charge is 0.189 e. The van der Waals surface area contributed by atoms with Crippen molar-refractivity contribution in [2.45, 2.75) is 52.5 Å². The molecule has 0 aliphatic heterocycles. The van der Waals surface area contributed by atoms with Gasteiger partial charge in [0.2, 0.25) is 0 Å². The molecule has 3 rings (SSSR count). The summed E-state index contributed by atoms with van der Waals surface area (Å²) in [6.45, 7) is 6.30. The molecule has 6 nitrogen and oxygen atoms in total. The molecule has 2 heterocycles. The molecule has 0 saturated heterocycles. The van der Waals surface area contributed by atoms with E-state index in [9.17, 15) is 0 Å². The SMILES string of the molecule is CCCC(CCC)Nc1nc(C)nc2c1nnn2-c1ccc(Br)cc1Br. The quantitative estimate of drug-likeness (QED) is 0.487. The Morgan fingerprint density at radius 3 is 2.50 bits per heavy atom. The van der Waals surface area contributed by atoms with Crippen molar-refractivity contribution < 1.29 is 0 Å². The van der Waals surface area contributed by atoms with Crippen LogP contribution in [0.2, 0.25) is 0 Å². The lowest BCUT2D eigenvalue weighted by atomic mass is 10.1. The Morgan fingerprint density at radius 2 is 1.85 bits per heavy atom. The van der Waals surface area contributed by atoms with E-state index < -0.39 is 0 Å².